The lowest BCUT2D eigenvalue weighted by Crippen LogP contribution is -2.37. The number of rotatable bonds is 2. The van der Waals surface area contributed by atoms with Gasteiger partial charge in [0, 0.05) is 19.1 Å². The summed E-state index contributed by atoms with van der Waals surface area (Å²) in [5.41, 5.74) is 0.618. The highest BCUT2D eigenvalue weighted by Crippen LogP contribution is 2.28. The van der Waals surface area contributed by atoms with Gasteiger partial charge in [-0.15, -0.1) is 0 Å². The third-order valence-corrected chi connectivity index (χ3v) is 4.45. The number of aromatic carboxylic acids is 1. The summed E-state index contributed by atoms with van der Waals surface area (Å²) in [7, 11) is 2.12. The molecule has 2 rings (SSSR count). The smallest absolute Gasteiger partial charge is 0.347 e. The van der Waals surface area contributed by atoms with Crippen molar-refractivity contribution in [1.82, 2.24) is 9.88 Å². The predicted octanol–water partition coefficient (Wildman–Crippen LogP) is 1.68. The molecule has 1 aromatic heterocycles. The van der Waals surface area contributed by atoms with Crippen LogP contribution in [-0.4, -0.2) is 53.7 Å². The summed E-state index contributed by atoms with van der Waals surface area (Å²) >= 11 is 1.29. The van der Waals surface area contributed by atoms with Crippen LogP contribution in [0, 0.1) is 6.92 Å². The van der Waals surface area contributed by atoms with Gasteiger partial charge in [0.15, 0.2) is 5.13 Å². The van der Waals surface area contributed by atoms with Crippen molar-refractivity contribution < 1.29 is 9.90 Å². The SMILES string of the molecule is Cc1nc(N2CCCN(C)CC2C)sc1C(=O)O. The zero-order valence-electron chi connectivity index (χ0n) is 11.0. The second-order valence-corrected chi connectivity index (χ2v) is 5.85. The van der Waals surface area contributed by atoms with Crippen molar-refractivity contribution >= 4 is 22.4 Å². The van der Waals surface area contributed by atoms with E-state index in [1.807, 2.05) is 0 Å². The number of aryl methyl sites for hydroxylation is 1. The molecule has 1 fully saturated rings. The molecular formula is C12H19N3O2S. The Kier molecular flexibility index (Phi) is 3.87. The van der Waals surface area contributed by atoms with Gasteiger partial charge in [-0.1, -0.05) is 11.3 Å². The predicted molar refractivity (Wildman–Crippen MR) is 72.7 cm³/mol. The molecular weight excluding hydrogens is 250 g/mol. The zero-order chi connectivity index (χ0) is 13.3. The molecule has 6 heteroatoms. The molecule has 0 bridgehead atoms. The van der Waals surface area contributed by atoms with Gasteiger partial charge in [-0.05, 0) is 33.9 Å². The number of likely N-dealkylation sites (N-methyl/N-ethyl adjacent to an activating group) is 1. The molecule has 1 N–H and O–H groups in total. The van der Waals surface area contributed by atoms with Crippen LogP contribution in [0.15, 0.2) is 0 Å². The molecule has 1 unspecified atom stereocenters. The molecule has 0 aromatic carbocycles. The number of anilines is 1. The minimum atomic E-state index is -0.879. The van der Waals surface area contributed by atoms with Crippen LogP contribution in [0.5, 0.6) is 0 Å². The van der Waals surface area contributed by atoms with Crippen LogP contribution in [-0.2, 0) is 0 Å². The summed E-state index contributed by atoms with van der Waals surface area (Å²) in [4.78, 5) is 20.4. The third-order valence-electron chi connectivity index (χ3n) is 3.27. The van der Waals surface area contributed by atoms with Crippen molar-refractivity contribution in [3.05, 3.63) is 10.6 Å². The molecule has 0 aliphatic carbocycles. The molecule has 1 aromatic rings. The Morgan fingerprint density at radius 1 is 1.50 bits per heavy atom. The highest BCUT2D eigenvalue weighted by Gasteiger charge is 2.24. The van der Waals surface area contributed by atoms with Crippen LogP contribution in [0.4, 0.5) is 5.13 Å². The van der Waals surface area contributed by atoms with Crippen LogP contribution >= 0.6 is 11.3 Å². The van der Waals surface area contributed by atoms with Crippen molar-refractivity contribution in [2.45, 2.75) is 26.3 Å². The van der Waals surface area contributed by atoms with E-state index in [9.17, 15) is 4.79 Å². The summed E-state index contributed by atoms with van der Waals surface area (Å²) in [5, 5.41) is 9.92. The van der Waals surface area contributed by atoms with Gasteiger partial charge in [0.25, 0.3) is 0 Å². The topological polar surface area (TPSA) is 56.7 Å². The van der Waals surface area contributed by atoms with Crippen LogP contribution in [0.3, 0.4) is 0 Å². The number of carbonyl (C=O) groups is 1. The molecule has 18 heavy (non-hydrogen) atoms. The number of thiazole rings is 1. The van der Waals surface area contributed by atoms with Crippen LogP contribution in [0.2, 0.25) is 0 Å². The standard InChI is InChI=1S/C12H19N3O2S/c1-8-7-14(3)5-4-6-15(8)12-13-9(2)10(18-12)11(16)17/h8H,4-7H2,1-3H3,(H,16,17). The Hall–Kier alpha value is -1.14. The van der Waals surface area contributed by atoms with E-state index < -0.39 is 5.97 Å². The van der Waals surface area contributed by atoms with Gasteiger partial charge in [0.05, 0.1) is 5.69 Å². The van der Waals surface area contributed by atoms with E-state index in [0.29, 0.717) is 16.6 Å². The number of hydrogen-bond acceptors (Lipinski definition) is 5. The molecule has 1 atom stereocenters. The van der Waals surface area contributed by atoms with E-state index in [1.165, 1.54) is 11.3 Å². The number of carboxylic acid groups (broad SMARTS) is 1. The number of aromatic nitrogens is 1. The molecule has 0 saturated carbocycles. The zero-order valence-corrected chi connectivity index (χ0v) is 11.8. The summed E-state index contributed by atoms with van der Waals surface area (Å²) in [5.74, 6) is -0.879. The average Bonchev–Trinajstić information content (AvgIpc) is 2.57. The van der Waals surface area contributed by atoms with Gasteiger partial charge >= 0.3 is 5.97 Å². The molecule has 1 aliphatic rings. The monoisotopic (exact) mass is 269 g/mol. The molecule has 0 amide bonds. The lowest BCUT2D eigenvalue weighted by molar-refractivity contribution is 0.0701. The van der Waals surface area contributed by atoms with Crippen LogP contribution < -0.4 is 4.90 Å². The molecule has 100 valence electrons. The minimum Gasteiger partial charge on any atom is -0.477 e. The maximum absolute atomic E-state index is 11.1. The Labute approximate surface area is 111 Å². The summed E-state index contributed by atoms with van der Waals surface area (Å²) in [6, 6.07) is 0.365. The highest BCUT2D eigenvalue weighted by molar-refractivity contribution is 7.17. The molecule has 0 radical (unpaired) electrons. The van der Waals surface area contributed by atoms with Crippen molar-refractivity contribution in [1.29, 1.82) is 0 Å². The van der Waals surface area contributed by atoms with Gasteiger partial charge in [-0.3, -0.25) is 0 Å². The Morgan fingerprint density at radius 2 is 2.22 bits per heavy atom. The highest BCUT2D eigenvalue weighted by atomic mass is 32.1. The maximum Gasteiger partial charge on any atom is 0.347 e. The van der Waals surface area contributed by atoms with Crippen LogP contribution in [0.1, 0.15) is 28.7 Å². The number of hydrogen-bond donors (Lipinski definition) is 1. The van der Waals surface area contributed by atoms with E-state index in [4.69, 9.17) is 5.11 Å². The van der Waals surface area contributed by atoms with Crippen molar-refractivity contribution in [2.24, 2.45) is 0 Å². The fourth-order valence-electron chi connectivity index (χ4n) is 2.36. The first-order chi connectivity index (χ1) is 8.49. The first-order valence-electron chi connectivity index (χ1n) is 6.15. The molecule has 0 spiro atoms. The number of nitrogens with zero attached hydrogens (tertiary/aromatic N) is 3. The van der Waals surface area contributed by atoms with E-state index in [2.05, 4.69) is 28.8 Å². The minimum absolute atomic E-state index is 0.356. The Balaban J connectivity index is 2.24. The van der Waals surface area contributed by atoms with Crippen molar-refractivity contribution in [3.8, 4) is 0 Å². The van der Waals surface area contributed by atoms with Gasteiger partial charge < -0.3 is 14.9 Å². The van der Waals surface area contributed by atoms with Crippen LogP contribution in [0.25, 0.3) is 0 Å². The fourth-order valence-corrected chi connectivity index (χ4v) is 3.39. The van der Waals surface area contributed by atoms with E-state index in [1.54, 1.807) is 6.92 Å². The largest absolute Gasteiger partial charge is 0.477 e. The second-order valence-electron chi connectivity index (χ2n) is 4.87. The second kappa shape index (κ2) is 5.24. The third kappa shape index (κ3) is 2.64. The summed E-state index contributed by atoms with van der Waals surface area (Å²) in [6.45, 7) is 6.94. The van der Waals surface area contributed by atoms with E-state index in [-0.39, 0.29) is 0 Å². The average molecular weight is 269 g/mol. The quantitative estimate of drug-likeness (QED) is 0.885. The molecule has 1 aliphatic heterocycles. The molecule has 5 nitrogen and oxygen atoms in total. The first kappa shape index (κ1) is 13.3. The van der Waals surface area contributed by atoms with Crippen molar-refractivity contribution in [2.75, 3.05) is 31.6 Å². The maximum atomic E-state index is 11.1. The normalized spacial score (nSPS) is 21.9. The van der Waals surface area contributed by atoms with Crippen molar-refractivity contribution in [3.63, 3.8) is 0 Å². The van der Waals surface area contributed by atoms with Gasteiger partial charge in [-0.25, -0.2) is 9.78 Å². The summed E-state index contributed by atoms with van der Waals surface area (Å²) < 4.78 is 0. The Morgan fingerprint density at radius 3 is 2.83 bits per heavy atom. The molecule has 2 heterocycles. The summed E-state index contributed by atoms with van der Waals surface area (Å²) in [6.07, 6.45) is 1.09. The van der Waals surface area contributed by atoms with Gasteiger partial charge in [0.1, 0.15) is 4.88 Å². The number of carboxylic acids is 1. The Bertz CT molecular complexity index is 447. The van der Waals surface area contributed by atoms with E-state index >= 15 is 0 Å². The first-order valence-corrected chi connectivity index (χ1v) is 6.96. The fraction of sp³-hybridized carbons (Fsp3) is 0.667. The lowest BCUT2D eigenvalue weighted by atomic mass is 10.3. The van der Waals surface area contributed by atoms with Gasteiger partial charge in [0.2, 0.25) is 0 Å². The van der Waals surface area contributed by atoms with Gasteiger partial charge in [-0.2, -0.15) is 0 Å². The lowest BCUT2D eigenvalue weighted by Gasteiger charge is -2.27. The molecule has 1 saturated heterocycles. The van der Waals surface area contributed by atoms with E-state index in [0.717, 1.165) is 31.2 Å².